The van der Waals surface area contributed by atoms with Crippen LogP contribution in [0.5, 0.6) is 0 Å². The van der Waals surface area contributed by atoms with E-state index in [1.807, 2.05) is 0 Å². The van der Waals surface area contributed by atoms with E-state index in [1.165, 1.54) is 30.8 Å². The average molecular weight is 230 g/mol. The summed E-state index contributed by atoms with van der Waals surface area (Å²) in [6, 6.07) is 10.6. The molecular formula is C15H22N2. The van der Waals surface area contributed by atoms with Crippen LogP contribution in [0.15, 0.2) is 36.4 Å². The van der Waals surface area contributed by atoms with Crippen LogP contribution >= 0.6 is 0 Å². The fourth-order valence-electron chi connectivity index (χ4n) is 2.22. The first kappa shape index (κ1) is 12.3. The molecule has 0 unspecified atom stereocenters. The summed E-state index contributed by atoms with van der Waals surface area (Å²) >= 11 is 0. The molecule has 0 aliphatic carbocycles. The smallest absolute Gasteiger partial charge is 0.0107 e. The van der Waals surface area contributed by atoms with Crippen molar-refractivity contribution in [1.82, 2.24) is 10.2 Å². The molecule has 1 N–H and O–H groups in total. The van der Waals surface area contributed by atoms with Gasteiger partial charge in [0.25, 0.3) is 0 Å². The maximum absolute atomic E-state index is 3.38. The van der Waals surface area contributed by atoms with Crippen LogP contribution in [-0.4, -0.2) is 37.6 Å². The van der Waals surface area contributed by atoms with Gasteiger partial charge in [-0.05, 0) is 24.5 Å². The summed E-state index contributed by atoms with van der Waals surface area (Å²) in [5.41, 5.74) is 2.73. The third kappa shape index (κ3) is 3.99. The zero-order chi connectivity index (χ0) is 11.9. The summed E-state index contributed by atoms with van der Waals surface area (Å²) in [7, 11) is 0. The molecule has 92 valence electrons. The molecule has 0 radical (unpaired) electrons. The van der Waals surface area contributed by atoms with Crippen molar-refractivity contribution >= 4 is 5.57 Å². The van der Waals surface area contributed by atoms with Gasteiger partial charge in [0, 0.05) is 32.7 Å². The minimum absolute atomic E-state index is 1.14. The summed E-state index contributed by atoms with van der Waals surface area (Å²) in [6.07, 6.45) is 3.51. The number of nitrogens with zero attached hydrogens (tertiary/aromatic N) is 1. The van der Waals surface area contributed by atoms with E-state index in [9.17, 15) is 0 Å². The third-order valence-electron chi connectivity index (χ3n) is 3.33. The molecule has 2 rings (SSSR count). The van der Waals surface area contributed by atoms with Crippen LogP contribution in [-0.2, 0) is 0 Å². The summed E-state index contributed by atoms with van der Waals surface area (Å²) < 4.78 is 0. The molecule has 1 saturated heterocycles. The first-order valence-corrected chi connectivity index (χ1v) is 6.51. The van der Waals surface area contributed by atoms with Crippen molar-refractivity contribution < 1.29 is 0 Å². The second-order valence-corrected chi connectivity index (χ2v) is 4.63. The van der Waals surface area contributed by atoms with Crippen LogP contribution in [0.25, 0.3) is 5.57 Å². The van der Waals surface area contributed by atoms with E-state index < -0.39 is 0 Å². The maximum atomic E-state index is 3.38. The predicted octanol–water partition coefficient (Wildman–Crippen LogP) is 2.39. The van der Waals surface area contributed by atoms with Gasteiger partial charge < -0.3 is 10.2 Å². The van der Waals surface area contributed by atoms with Crippen molar-refractivity contribution in [3.8, 4) is 0 Å². The molecule has 1 fully saturated rings. The number of nitrogens with one attached hydrogen (secondary N) is 1. The van der Waals surface area contributed by atoms with Crippen molar-refractivity contribution in [3.63, 3.8) is 0 Å². The van der Waals surface area contributed by atoms with Crippen LogP contribution in [0, 0.1) is 0 Å². The molecule has 2 nitrogen and oxygen atoms in total. The molecule has 1 aliphatic rings. The number of piperazine rings is 1. The summed E-state index contributed by atoms with van der Waals surface area (Å²) in [4.78, 5) is 2.53. The van der Waals surface area contributed by atoms with Gasteiger partial charge in [0.15, 0.2) is 0 Å². The Kier molecular flexibility index (Phi) is 4.77. The van der Waals surface area contributed by atoms with E-state index in [2.05, 4.69) is 53.5 Å². The molecule has 0 saturated carbocycles. The van der Waals surface area contributed by atoms with Gasteiger partial charge in [-0.2, -0.15) is 0 Å². The first-order chi connectivity index (χ1) is 8.36. The highest BCUT2D eigenvalue weighted by Gasteiger charge is 2.07. The maximum Gasteiger partial charge on any atom is 0.0107 e. The second-order valence-electron chi connectivity index (χ2n) is 4.63. The van der Waals surface area contributed by atoms with Crippen LogP contribution in [0.1, 0.15) is 18.9 Å². The summed E-state index contributed by atoms with van der Waals surface area (Å²) in [6.45, 7) is 8.05. The SMILES string of the molecule is C/C(=C\CCN1CCNCC1)c1ccccc1. The fraction of sp³-hybridized carbons (Fsp3) is 0.467. The van der Waals surface area contributed by atoms with E-state index in [0.29, 0.717) is 0 Å². The number of hydrogen-bond donors (Lipinski definition) is 1. The largest absolute Gasteiger partial charge is 0.314 e. The number of allylic oxidation sites excluding steroid dienone is 1. The quantitative estimate of drug-likeness (QED) is 0.854. The van der Waals surface area contributed by atoms with Crippen LogP contribution in [0.4, 0.5) is 0 Å². The lowest BCUT2D eigenvalue weighted by Gasteiger charge is -2.26. The van der Waals surface area contributed by atoms with E-state index in [4.69, 9.17) is 0 Å². The van der Waals surface area contributed by atoms with Gasteiger partial charge in [-0.25, -0.2) is 0 Å². The van der Waals surface area contributed by atoms with Crippen molar-refractivity contribution in [1.29, 1.82) is 0 Å². The Bertz CT molecular complexity index is 350. The first-order valence-electron chi connectivity index (χ1n) is 6.51. The van der Waals surface area contributed by atoms with Gasteiger partial charge in [0.2, 0.25) is 0 Å². The van der Waals surface area contributed by atoms with Crippen molar-refractivity contribution in [2.24, 2.45) is 0 Å². The molecule has 1 aromatic carbocycles. The van der Waals surface area contributed by atoms with Gasteiger partial charge in [0.1, 0.15) is 0 Å². The fourth-order valence-corrected chi connectivity index (χ4v) is 2.22. The van der Waals surface area contributed by atoms with Crippen LogP contribution < -0.4 is 5.32 Å². The van der Waals surface area contributed by atoms with Crippen molar-refractivity contribution in [3.05, 3.63) is 42.0 Å². The molecule has 1 heterocycles. The van der Waals surface area contributed by atoms with E-state index in [0.717, 1.165) is 19.5 Å². The summed E-state index contributed by atoms with van der Waals surface area (Å²) in [5.74, 6) is 0. The predicted molar refractivity (Wildman–Crippen MR) is 74.0 cm³/mol. The highest BCUT2D eigenvalue weighted by Crippen LogP contribution is 2.13. The lowest BCUT2D eigenvalue weighted by molar-refractivity contribution is 0.245. The molecular weight excluding hydrogens is 208 g/mol. The zero-order valence-corrected chi connectivity index (χ0v) is 10.7. The van der Waals surface area contributed by atoms with Crippen LogP contribution in [0.3, 0.4) is 0 Å². The lowest BCUT2D eigenvalue weighted by Crippen LogP contribution is -2.43. The van der Waals surface area contributed by atoms with Crippen molar-refractivity contribution in [2.75, 3.05) is 32.7 Å². The van der Waals surface area contributed by atoms with E-state index in [-0.39, 0.29) is 0 Å². The Balaban J connectivity index is 1.80. The number of rotatable bonds is 4. The second kappa shape index (κ2) is 6.58. The topological polar surface area (TPSA) is 15.3 Å². The summed E-state index contributed by atoms with van der Waals surface area (Å²) in [5, 5.41) is 3.38. The highest BCUT2D eigenvalue weighted by atomic mass is 15.2. The Labute approximate surface area is 104 Å². The molecule has 0 bridgehead atoms. The molecule has 0 atom stereocenters. The van der Waals surface area contributed by atoms with Gasteiger partial charge in [-0.15, -0.1) is 0 Å². The standard InChI is InChI=1S/C15H22N2/c1-14(15-7-3-2-4-8-15)6-5-11-17-12-9-16-10-13-17/h2-4,6-8,16H,5,9-13H2,1H3/b14-6+. The zero-order valence-electron chi connectivity index (χ0n) is 10.7. The molecule has 0 aromatic heterocycles. The normalized spacial score (nSPS) is 18.3. The van der Waals surface area contributed by atoms with Gasteiger partial charge in [-0.1, -0.05) is 36.4 Å². The van der Waals surface area contributed by atoms with Crippen molar-refractivity contribution in [2.45, 2.75) is 13.3 Å². The minimum Gasteiger partial charge on any atom is -0.314 e. The Morgan fingerprint density at radius 1 is 1.24 bits per heavy atom. The number of benzene rings is 1. The molecule has 1 aliphatic heterocycles. The average Bonchev–Trinajstić information content (AvgIpc) is 2.41. The molecule has 1 aromatic rings. The Morgan fingerprint density at radius 3 is 2.65 bits per heavy atom. The molecule has 17 heavy (non-hydrogen) atoms. The van der Waals surface area contributed by atoms with Gasteiger partial charge in [0.05, 0.1) is 0 Å². The van der Waals surface area contributed by atoms with Gasteiger partial charge >= 0.3 is 0 Å². The third-order valence-corrected chi connectivity index (χ3v) is 3.33. The van der Waals surface area contributed by atoms with Gasteiger partial charge in [-0.3, -0.25) is 0 Å². The van der Waals surface area contributed by atoms with E-state index >= 15 is 0 Å². The molecule has 0 amide bonds. The monoisotopic (exact) mass is 230 g/mol. The Hall–Kier alpha value is -1.12. The highest BCUT2D eigenvalue weighted by molar-refractivity contribution is 5.63. The van der Waals surface area contributed by atoms with Crippen LogP contribution in [0.2, 0.25) is 0 Å². The number of hydrogen-bond acceptors (Lipinski definition) is 2. The molecule has 0 spiro atoms. The minimum atomic E-state index is 1.14. The molecule has 2 heteroatoms. The van der Waals surface area contributed by atoms with E-state index in [1.54, 1.807) is 0 Å². The lowest BCUT2D eigenvalue weighted by atomic mass is 10.1. The Morgan fingerprint density at radius 2 is 1.94 bits per heavy atom.